The summed E-state index contributed by atoms with van der Waals surface area (Å²) in [7, 11) is 2.38. The van der Waals surface area contributed by atoms with Crippen molar-refractivity contribution in [1.29, 1.82) is 0 Å². The highest BCUT2D eigenvalue weighted by atomic mass is 15.2. The zero-order chi connectivity index (χ0) is 20.1. The summed E-state index contributed by atoms with van der Waals surface area (Å²) >= 11 is 0. The van der Waals surface area contributed by atoms with E-state index >= 15 is 0 Å². The van der Waals surface area contributed by atoms with Gasteiger partial charge in [-0.25, -0.2) is 0 Å². The highest BCUT2D eigenvalue weighted by Crippen LogP contribution is 2.59. The lowest BCUT2D eigenvalue weighted by molar-refractivity contribution is -0.0470. The molecule has 1 aliphatic carbocycles. The lowest BCUT2D eigenvalue weighted by atomic mass is 9.52. The SMILES string of the molecule is CN1C2=C(CCCCCCCCCCCCCC2)C(C)(C)C(C)(C)C1(C)C. The molecule has 0 amide bonds. The summed E-state index contributed by atoms with van der Waals surface area (Å²) in [6.07, 6.45) is 19.8. The van der Waals surface area contributed by atoms with Gasteiger partial charge in [0.05, 0.1) is 0 Å². The standard InChI is InChI=1S/C26H49N/c1-24(2)22-20-18-16-14-12-10-8-9-11-13-15-17-19-21-23(22)27(7)26(5,6)25(24,3)4/h8-21H2,1-7H3. The van der Waals surface area contributed by atoms with E-state index in [0.29, 0.717) is 0 Å². The van der Waals surface area contributed by atoms with Crippen LogP contribution in [0.15, 0.2) is 11.3 Å². The van der Waals surface area contributed by atoms with Crippen molar-refractivity contribution in [1.82, 2.24) is 4.90 Å². The Hall–Kier alpha value is -0.460. The second-order valence-corrected chi connectivity index (χ2v) is 11.0. The van der Waals surface area contributed by atoms with E-state index in [9.17, 15) is 0 Å². The molecule has 1 heterocycles. The van der Waals surface area contributed by atoms with E-state index in [-0.39, 0.29) is 16.4 Å². The van der Waals surface area contributed by atoms with Crippen molar-refractivity contribution in [2.24, 2.45) is 10.8 Å². The van der Waals surface area contributed by atoms with E-state index in [1.54, 1.807) is 11.3 Å². The molecule has 0 radical (unpaired) electrons. The highest BCUT2D eigenvalue weighted by Gasteiger charge is 2.55. The van der Waals surface area contributed by atoms with Crippen LogP contribution in [0, 0.1) is 10.8 Å². The molecule has 0 aromatic heterocycles. The molecule has 27 heavy (non-hydrogen) atoms. The monoisotopic (exact) mass is 375 g/mol. The van der Waals surface area contributed by atoms with Gasteiger partial charge >= 0.3 is 0 Å². The lowest BCUT2D eigenvalue weighted by Gasteiger charge is -2.62. The molecule has 0 unspecified atom stereocenters. The Labute approximate surface area is 171 Å². The molecule has 0 saturated heterocycles. The zero-order valence-corrected chi connectivity index (χ0v) is 19.8. The van der Waals surface area contributed by atoms with Crippen LogP contribution in [0.3, 0.4) is 0 Å². The summed E-state index contributed by atoms with van der Waals surface area (Å²) in [5.41, 5.74) is 4.19. The third-order valence-electron chi connectivity index (χ3n) is 9.03. The summed E-state index contributed by atoms with van der Waals surface area (Å²) < 4.78 is 0. The lowest BCUT2D eigenvalue weighted by Crippen LogP contribution is -2.61. The maximum Gasteiger partial charge on any atom is 0.0398 e. The molecule has 1 nitrogen and oxygen atoms in total. The fourth-order valence-electron chi connectivity index (χ4n) is 5.60. The Balaban J connectivity index is 2.26. The maximum atomic E-state index is 2.68. The van der Waals surface area contributed by atoms with Crippen molar-refractivity contribution in [2.75, 3.05) is 7.05 Å². The first-order valence-corrected chi connectivity index (χ1v) is 12.1. The molecule has 0 fully saturated rings. The molecule has 0 saturated carbocycles. The Morgan fingerprint density at radius 2 is 0.926 bits per heavy atom. The predicted octanol–water partition coefficient (Wildman–Crippen LogP) is 8.49. The molecule has 158 valence electrons. The molecule has 2 aliphatic rings. The second kappa shape index (κ2) is 9.36. The minimum absolute atomic E-state index is 0.191. The van der Waals surface area contributed by atoms with Crippen molar-refractivity contribution < 1.29 is 0 Å². The molecular formula is C26H49N. The van der Waals surface area contributed by atoms with Gasteiger partial charge in [0, 0.05) is 18.3 Å². The first-order chi connectivity index (χ1) is 12.6. The zero-order valence-electron chi connectivity index (χ0n) is 19.8. The Bertz CT molecular complexity index is 494. The van der Waals surface area contributed by atoms with Crippen LogP contribution in [0.1, 0.15) is 131 Å². The average Bonchev–Trinajstić information content (AvgIpc) is 2.59. The van der Waals surface area contributed by atoms with Gasteiger partial charge in [0.15, 0.2) is 0 Å². The van der Waals surface area contributed by atoms with Crippen molar-refractivity contribution in [3.8, 4) is 0 Å². The van der Waals surface area contributed by atoms with Crippen LogP contribution in [0.2, 0.25) is 0 Å². The number of hydrogen-bond acceptors (Lipinski definition) is 1. The molecule has 0 bridgehead atoms. The van der Waals surface area contributed by atoms with Crippen LogP contribution in [0.4, 0.5) is 0 Å². The molecule has 0 atom stereocenters. The van der Waals surface area contributed by atoms with E-state index < -0.39 is 0 Å². The fraction of sp³-hybridized carbons (Fsp3) is 0.923. The van der Waals surface area contributed by atoms with Gasteiger partial charge in [0.25, 0.3) is 0 Å². The number of hydrogen-bond donors (Lipinski definition) is 0. The van der Waals surface area contributed by atoms with Gasteiger partial charge in [-0.1, -0.05) is 91.9 Å². The van der Waals surface area contributed by atoms with Gasteiger partial charge in [-0.2, -0.15) is 0 Å². The largest absolute Gasteiger partial charge is 0.372 e. The predicted molar refractivity (Wildman–Crippen MR) is 121 cm³/mol. The topological polar surface area (TPSA) is 3.24 Å². The minimum Gasteiger partial charge on any atom is -0.372 e. The fourth-order valence-corrected chi connectivity index (χ4v) is 5.60. The van der Waals surface area contributed by atoms with Crippen molar-refractivity contribution in [3.05, 3.63) is 11.3 Å². The Morgan fingerprint density at radius 1 is 0.556 bits per heavy atom. The smallest absolute Gasteiger partial charge is 0.0398 e. The molecular weight excluding hydrogens is 326 g/mol. The van der Waals surface area contributed by atoms with Gasteiger partial charge in [0.1, 0.15) is 0 Å². The summed E-state index contributed by atoms with van der Waals surface area (Å²) in [6.45, 7) is 15.0. The van der Waals surface area contributed by atoms with Gasteiger partial charge < -0.3 is 4.90 Å². The maximum absolute atomic E-state index is 2.68. The van der Waals surface area contributed by atoms with Gasteiger partial charge in [-0.3, -0.25) is 0 Å². The quantitative estimate of drug-likeness (QED) is 0.410. The van der Waals surface area contributed by atoms with Gasteiger partial charge in [-0.15, -0.1) is 0 Å². The average molecular weight is 376 g/mol. The third-order valence-corrected chi connectivity index (χ3v) is 9.03. The number of nitrogens with zero attached hydrogens (tertiary/aromatic N) is 1. The van der Waals surface area contributed by atoms with E-state index in [1.165, 1.54) is 89.9 Å². The van der Waals surface area contributed by atoms with E-state index in [0.717, 1.165) is 0 Å². The first-order valence-electron chi connectivity index (χ1n) is 12.1. The van der Waals surface area contributed by atoms with Crippen LogP contribution in [0.25, 0.3) is 0 Å². The van der Waals surface area contributed by atoms with Crippen LogP contribution in [0.5, 0.6) is 0 Å². The van der Waals surface area contributed by atoms with E-state index in [2.05, 4.69) is 53.5 Å². The minimum atomic E-state index is 0.191. The molecule has 0 aromatic rings. The molecule has 0 spiro atoms. The highest BCUT2D eigenvalue weighted by molar-refractivity contribution is 5.31. The summed E-state index contributed by atoms with van der Waals surface area (Å²) in [4.78, 5) is 2.68. The van der Waals surface area contributed by atoms with Crippen molar-refractivity contribution in [3.63, 3.8) is 0 Å². The molecule has 0 aromatic carbocycles. The first kappa shape index (κ1) is 22.8. The summed E-state index contributed by atoms with van der Waals surface area (Å²) in [5.74, 6) is 0. The second-order valence-electron chi connectivity index (χ2n) is 11.0. The normalized spacial score (nSPS) is 27.9. The van der Waals surface area contributed by atoms with Crippen molar-refractivity contribution in [2.45, 2.75) is 137 Å². The van der Waals surface area contributed by atoms with E-state index in [4.69, 9.17) is 0 Å². The van der Waals surface area contributed by atoms with Gasteiger partial charge in [0.2, 0.25) is 0 Å². The van der Waals surface area contributed by atoms with E-state index in [1.807, 2.05) is 0 Å². The Morgan fingerprint density at radius 3 is 1.37 bits per heavy atom. The summed E-state index contributed by atoms with van der Waals surface area (Å²) in [6, 6.07) is 0. The van der Waals surface area contributed by atoms with Crippen LogP contribution in [-0.2, 0) is 0 Å². The van der Waals surface area contributed by atoms with Crippen LogP contribution in [-0.4, -0.2) is 17.5 Å². The molecule has 1 aliphatic heterocycles. The molecule has 0 N–H and O–H groups in total. The van der Waals surface area contributed by atoms with Gasteiger partial charge in [-0.05, 0) is 55.9 Å². The summed E-state index contributed by atoms with van der Waals surface area (Å²) in [5, 5.41) is 0. The van der Waals surface area contributed by atoms with Crippen LogP contribution >= 0.6 is 0 Å². The van der Waals surface area contributed by atoms with Crippen molar-refractivity contribution >= 4 is 0 Å². The Kier molecular flexibility index (Phi) is 7.91. The third kappa shape index (κ3) is 4.76. The molecule has 1 heteroatoms. The number of rotatable bonds is 0. The van der Waals surface area contributed by atoms with Crippen LogP contribution < -0.4 is 0 Å². The number of allylic oxidation sites excluding steroid dienone is 2. The molecule has 2 rings (SSSR count).